The van der Waals surface area contributed by atoms with Crippen molar-refractivity contribution in [2.45, 2.75) is 24.9 Å². The highest BCUT2D eigenvalue weighted by atomic mass is 15.2. The van der Waals surface area contributed by atoms with Gasteiger partial charge in [-0.2, -0.15) is 0 Å². The first-order valence-electron chi connectivity index (χ1n) is 8.24. The second-order valence-electron chi connectivity index (χ2n) is 6.69. The van der Waals surface area contributed by atoms with Gasteiger partial charge in [-0.25, -0.2) is 0 Å². The summed E-state index contributed by atoms with van der Waals surface area (Å²) in [5.41, 5.74) is 8.99. The van der Waals surface area contributed by atoms with Crippen molar-refractivity contribution >= 4 is 10.9 Å². The van der Waals surface area contributed by atoms with E-state index in [4.69, 9.17) is 5.73 Å². The highest BCUT2D eigenvalue weighted by Gasteiger charge is 2.41. The first kappa shape index (κ1) is 13.9. The minimum Gasteiger partial charge on any atom is -0.323 e. The molecule has 3 aliphatic heterocycles. The Bertz CT molecular complexity index is 691. The standard InChI is InChI=1S/C19H23N3/c1-2-13-12-22-10-8-14(13)11-18(22)19(20)16-7-9-21-17-6-4-3-5-15(16)17/h2-7,9,13-14,18-19H,1,8,10-12,20H2/t13-,14+,18-,19+/m1/s1. The monoisotopic (exact) mass is 293 g/mol. The maximum Gasteiger partial charge on any atom is 0.0705 e. The third-order valence-corrected chi connectivity index (χ3v) is 5.61. The van der Waals surface area contributed by atoms with Crippen molar-refractivity contribution < 1.29 is 0 Å². The normalized spacial score (nSPS) is 32.0. The number of para-hydroxylation sites is 1. The van der Waals surface area contributed by atoms with Crippen molar-refractivity contribution in [3.63, 3.8) is 0 Å². The summed E-state index contributed by atoms with van der Waals surface area (Å²) in [6, 6.07) is 10.9. The molecule has 0 saturated carbocycles. The third-order valence-electron chi connectivity index (χ3n) is 5.61. The Balaban J connectivity index is 1.67. The van der Waals surface area contributed by atoms with Gasteiger partial charge in [-0.3, -0.25) is 9.88 Å². The van der Waals surface area contributed by atoms with Crippen molar-refractivity contribution in [2.75, 3.05) is 13.1 Å². The van der Waals surface area contributed by atoms with Gasteiger partial charge in [0.1, 0.15) is 0 Å². The molecule has 2 aromatic rings. The second-order valence-corrected chi connectivity index (χ2v) is 6.69. The second kappa shape index (κ2) is 5.49. The Morgan fingerprint density at radius 3 is 2.95 bits per heavy atom. The van der Waals surface area contributed by atoms with E-state index in [-0.39, 0.29) is 6.04 Å². The van der Waals surface area contributed by atoms with Gasteiger partial charge in [0.25, 0.3) is 0 Å². The van der Waals surface area contributed by atoms with Crippen LogP contribution in [0.4, 0.5) is 0 Å². The molecule has 0 radical (unpaired) electrons. The minimum absolute atomic E-state index is 0.0569. The third kappa shape index (κ3) is 2.16. The lowest BCUT2D eigenvalue weighted by molar-refractivity contribution is 0.00749. The van der Waals surface area contributed by atoms with Crippen LogP contribution in [0.5, 0.6) is 0 Å². The predicted molar refractivity (Wildman–Crippen MR) is 90.4 cm³/mol. The fraction of sp³-hybridized carbons (Fsp3) is 0.421. The van der Waals surface area contributed by atoms with Gasteiger partial charge in [-0.05, 0) is 48.9 Å². The van der Waals surface area contributed by atoms with E-state index in [2.05, 4.69) is 46.8 Å². The molecule has 114 valence electrons. The molecule has 1 aromatic carbocycles. The molecule has 4 heterocycles. The summed E-state index contributed by atoms with van der Waals surface area (Å²) in [7, 11) is 0. The summed E-state index contributed by atoms with van der Waals surface area (Å²) in [5, 5.41) is 1.19. The zero-order chi connectivity index (χ0) is 15.1. The minimum atomic E-state index is 0.0569. The largest absolute Gasteiger partial charge is 0.323 e. The Morgan fingerprint density at radius 2 is 2.18 bits per heavy atom. The summed E-state index contributed by atoms with van der Waals surface area (Å²) in [6.45, 7) is 6.30. The number of benzene rings is 1. The zero-order valence-electron chi connectivity index (χ0n) is 12.9. The first-order valence-corrected chi connectivity index (χ1v) is 8.24. The maximum atomic E-state index is 6.71. The van der Waals surface area contributed by atoms with Crippen LogP contribution in [0, 0.1) is 11.8 Å². The molecule has 3 nitrogen and oxygen atoms in total. The Hall–Kier alpha value is -1.71. The highest BCUT2D eigenvalue weighted by Crippen LogP contribution is 2.41. The molecule has 3 heteroatoms. The maximum absolute atomic E-state index is 6.71. The van der Waals surface area contributed by atoms with Gasteiger partial charge in [-0.1, -0.05) is 24.3 Å². The molecule has 5 atom stereocenters. The molecular weight excluding hydrogens is 270 g/mol. The van der Waals surface area contributed by atoms with E-state index < -0.39 is 0 Å². The number of nitrogens with zero attached hydrogens (tertiary/aromatic N) is 2. The number of pyridine rings is 1. The number of aromatic nitrogens is 1. The Morgan fingerprint density at radius 1 is 1.32 bits per heavy atom. The van der Waals surface area contributed by atoms with Crippen molar-refractivity contribution in [3.8, 4) is 0 Å². The van der Waals surface area contributed by atoms with Crippen molar-refractivity contribution in [1.82, 2.24) is 9.88 Å². The molecule has 22 heavy (non-hydrogen) atoms. The van der Waals surface area contributed by atoms with Gasteiger partial charge in [0.15, 0.2) is 0 Å². The first-order chi connectivity index (χ1) is 10.8. The lowest BCUT2D eigenvalue weighted by atomic mass is 9.73. The Kier molecular flexibility index (Phi) is 3.47. The molecule has 1 aromatic heterocycles. The zero-order valence-corrected chi connectivity index (χ0v) is 12.9. The average molecular weight is 293 g/mol. The summed E-state index contributed by atoms with van der Waals surface area (Å²) < 4.78 is 0. The van der Waals surface area contributed by atoms with Crippen LogP contribution in [0.3, 0.4) is 0 Å². The molecule has 3 aliphatic rings. The summed E-state index contributed by atoms with van der Waals surface area (Å²) in [5.74, 6) is 1.40. The molecule has 0 amide bonds. The van der Waals surface area contributed by atoms with Gasteiger partial charge in [-0.15, -0.1) is 6.58 Å². The van der Waals surface area contributed by atoms with Crippen molar-refractivity contribution in [2.24, 2.45) is 17.6 Å². The van der Waals surface area contributed by atoms with E-state index in [0.717, 1.165) is 18.0 Å². The molecule has 5 rings (SSSR count). The number of piperidine rings is 3. The smallest absolute Gasteiger partial charge is 0.0705 e. The molecule has 2 N–H and O–H groups in total. The van der Waals surface area contributed by atoms with Gasteiger partial charge in [0, 0.05) is 30.2 Å². The quantitative estimate of drug-likeness (QED) is 0.884. The molecule has 3 saturated heterocycles. The van der Waals surface area contributed by atoms with E-state index >= 15 is 0 Å². The number of hydrogen-bond acceptors (Lipinski definition) is 3. The molecular formula is C19H23N3. The van der Waals surface area contributed by atoms with Crippen LogP contribution in [-0.2, 0) is 0 Å². The SMILES string of the molecule is C=C[C@@H]1CN2CC[C@H]1C[C@@H]2[C@@H](N)c1ccnc2ccccc12. The molecule has 3 fully saturated rings. The predicted octanol–water partition coefficient (Wildman–Crippen LogP) is 3.13. The Labute approximate surface area is 131 Å². The van der Waals surface area contributed by atoms with E-state index in [1.54, 1.807) is 0 Å². The number of hydrogen-bond donors (Lipinski definition) is 1. The highest BCUT2D eigenvalue weighted by molar-refractivity contribution is 5.82. The van der Waals surface area contributed by atoms with Crippen molar-refractivity contribution in [1.29, 1.82) is 0 Å². The fourth-order valence-corrected chi connectivity index (χ4v) is 4.37. The van der Waals surface area contributed by atoms with E-state index in [9.17, 15) is 0 Å². The lowest BCUT2D eigenvalue weighted by Gasteiger charge is -2.51. The summed E-state index contributed by atoms with van der Waals surface area (Å²) in [4.78, 5) is 7.04. The van der Waals surface area contributed by atoms with Gasteiger partial charge in [0.05, 0.1) is 5.52 Å². The fourth-order valence-electron chi connectivity index (χ4n) is 4.37. The number of nitrogens with two attached hydrogens (primary N) is 1. The van der Waals surface area contributed by atoms with Gasteiger partial charge >= 0.3 is 0 Å². The van der Waals surface area contributed by atoms with Crippen LogP contribution in [0.1, 0.15) is 24.4 Å². The van der Waals surface area contributed by atoms with E-state index in [1.807, 2.05) is 12.3 Å². The summed E-state index contributed by atoms with van der Waals surface area (Å²) >= 11 is 0. The lowest BCUT2D eigenvalue weighted by Crippen LogP contribution is -2.56. The van der Waals surface area contributed by atoms with Crippen molar-refractivity contribution in [3.05, 3.63) is 54.7 Å². The van der Waals surface area contributed by atoms with Crippen LogP contribution in [0.2, 0.25) is 0 Å². The van der Waals surface area contributed by atoms with Crippen LogP contribution in [0.25, 0.3) is 10.9 Å². The summed E-state index contributed by atoms with van der Waals surface area (Å²) in [6.07, 6.45) is 6.51. The van der Waals surface area contributed by atoms with Crippen LogP contribution in [-0.4, -0.2) is 29.0 Å². The number of rotatable bonds is 3. The molecule has 0 aliphatic carbocycles. The topological polar surface area (TPSA) is 42.1 Å². The van der Waals surface area contributed by atoms with Crippen LogP contribution >= 0.6 is 0 Å². The van der Waals surface area contributed by atoms with Crippen LogP contribution < -0.4 is 5.73 Å². The van der Waals surface area contributed by atoms with Crippen LogP contribution in [0.15, 0.2) is 49.2 Å². The van der Waals surface area contributed by atoms with Gasteiger partial charge < -0.3 is 5.73 Å². The van der Waals surface area contributed by atoms with E-state index in [1.165, 1.54) is 30.3 Å². The van der Waals surface area contributed by atoms with Gasteiger partial charge in [0.2, 0.25) is 0 Å². The average Bonchev–Trinajstić information content (AvgIpc) is 2.60. The van der Waals surface area contributed by atoms with E-state index in [0.29, 0.717) is 12.0 Å². The molecule has 2 bridgehead atoms. The molecule has 1 unspecified atom stereocenters. The number of fused-ring (bicyclic) bond motifs is 4. The molecule has 0 spiro atoms.